The lowest BCUT2D eigenvalue weighted by molar-refractivity contribution is 1.46. The van der Waals surface area contributed by atoms with Crippen molar-refractivity contribution in [2.75, 3.05) is 17.7 Å². The highest BCUT2D eigenvalue weighted by molar-refractivity contribution is 5.63. The third kappa shape index (κ3) is 2.76. The summed E-state index contributed by atoms with van der Waals surface area (Å²) in [4.78, 5) is 0. The number of anilines is 3. The van der Waals surface area contributed by atoms with Gasteiger partial charge < -0.3 is 10.6 Å². The van der Waals surface area contributed by atoms with Gasteiger partial charge in [-0.25, -0.2) is 0 Å². The van der Waals surface area contributed by atoms with E-state index in [1.165, 1.54) is 0 Å². The zero-order valence-corrected chi connectivity index (χ0v) is 9.57. The van der Waals surface area contributed by atoms with Gasteiger partial charge in [0.05, 0.1) is 11.6 Å². The monoisotopic (exact) mass is 223 g/mol. The molecule has 0 heterocycles. The molecule has 2 rings (SSSR count). The highest BCUT2D eigenvalue weighted by Crippen LogP contribution is 2.19. The van der Waals surface area contributed by atoms with Crippen LogP contribution in [0.5, 0.6) is 0 Å². The minimum absolute atomic E-state index is 0.654. The molecule has 2 N–H and O–H groups in total. The van der Waals surface area contributed by atoms with Crippen LogP contribution in [0.25, 0.3) is 0 Å². The van der Waals surface area contributed by atoms with E-state index in [4.69, 9.17) is 5.26 Å². The predicted octanol–water partition coefficient (Wildman–Crippen LogP) is 3.34. The number of nitrogens with zero attached hydrogens (tertiary/aromatic N) is 1. The van der Waals surface area contributed by atoms with Gasteiger partial charge in [0.25, 0.3) is 0 Å². The third-order valence-corrected chi connectivity index (χ3v) is 2.45. The van der Waals surface area contributed by atoms with Crippen LogP contribution < -0.4 is 10.6 Å². The van der Waals surface area contributed by atoms with Gasteiger partial charge in [-0.2, -0.15) is 5.26 Å². The Kier molecular flexibility index (Phi) is 3.27. The highest BCUT2D eigenvalue weighted by Gasteiger charge is 1.96. The first-order valence-corrected chi connectivity index (χ1v) is 5.37. The van der Waals surface area contributed by atoms with Crippen molar-refractivity contribution >= 4 is 17.1 Å². The highest BCUT2D eigenvalue weighted by atomic mass is 14.9. The van der Waals surface area contributed by atoms with Crippen molar-refractivity contribution in [3.63, 3.8) is 0 Å². The van der Waals surface area contributed by atoms with E-state index in [1.807, 2.05) is 49.5 Å². The lowest BCUT2D eigenvalue weighted by Gasteiger charge is -2.07. The first kappa shape index (κ1) is 11.0. The number of nitrogens with one attached hydrogen (secondary N) is 2. The number of benzene rings is 2. The predicted molar refractivity (Wildman–Crippen MR) is 70.4 cm³/mol. The van der Waals surface area contributed by atoms with Gasteiger partial charge in [-0.1, -0.05) is 6.07 Å². The standard InChI is InChI=1S/C14H13N3/c1-16-12-5-7-13(8-6-12)17-14-4-2-3-11(9-14)10-15/h2-9,16-17H,1H3. The van der Waals surface area contributed by atoms with Crippen molar-refractivity contribution in [2.24, 2.45) is 0 Å². The molecule has 2 aromatic carbocycles. The largest absolute Gasteiger partial charge is 0.388 e. The zero-order chi connectivity index (χ0) is 12.1. The van der Waals surface area contributed by atoms with Gasteiger partial charge in [-0.05, 0) is 42.5 Å². The van der Waals surface area contributed by atoms with Gasteiger partial charge in [-0.3, -0.25) is 0 Å². The maximum Gasteiger partial charge on any atom is 0.0992 e. The summed E-state index contributed by atoms with van der Waals surface area (Å²) in [5.74, 6) is 0. The van der Waals surface area contributed by atoms with Crippen molar-refractivity contribution in [2.45, 2.75) is 0 Å². The number of rotatable bonds is 3. The minimum atomic E-state index is 0.654. The first-order chi connectivity index (χ1) is 8.31. The maximum absolute atomic E-state index is 8.81. The summed E-state index contributed by atoms with van der Waals surface area (Å²) >= 11 is 0. The quantitative estimate of drug-likeness (QED) is 0.838. The molecule has 84 valence electrons. The normalized spacial score (nSPS) is 9.41. The van der Waals surface area contributed by atoms with Crippen LogP contribution in [-0.4, -0.2) is 7.05 Å². The van der Waals surface area contributed by atoms with E-state index in [1.54, 1.807) is 6.07 Å². The van der Waals surface area contributed by atoms with E-state index in [0.717, 1.165) is 17.1 Å². The molecule has 0 saturated carbocycles. The molecule has 0 aromatic heterocycles. The Morgan fingerprint density at radius 2 is 1.65 bits per heavy atom. The summed E-state index contributed by atoms with van der Waals surface area (Å²) in [6, 6.07) is 17.5. The van der Waals surface area contributed by atoms with Crippen molar-refractivity contribution in [3.8, 4) is 6.07 Å². The van der Waals surface area contributed by atoms with E-state index >= 15 is 0 Å². The Labute approximate surface area is 101 Å². The summed E-state index contributed by atoms with van der Waals surface area (Å²) in [7, 11) is 1.89. The molecule has 0 atom stereocenters. The van der Waals surface area contributed by atoms with Crippen molar-refractivity contribution in [1.29, 1.82) is 5.26 Å². The molecule has 0 spiro atoms. The van der Waals surface area contributed by atoms with Crippen LogP contribution in [-0.2, 0) is 0 Å². The lowest BCUT2D eigenvalue weighted by atomic mass is 10.2. The van der Waals surface area contributed by atoms with Crippen molar-refractivity contribution < 1.29 is 0 Å². The molecule has 0 aliphatic heterocycles. The van der Waals surface area contributed by atoms with Gasteiger partial charge in [0.2, 0.25) is 0 Å². The molecule has 3 heteroatoms. The van der Waals surface area contributed by atoms with E-state index in [0.29, 0.717) is 5.56 Å². The Balaban J connectivity index is 2.16. The summed E-state index contributed by atoms with van der Waals surface area (Å²) in [5.41, 5.74) is 3.64. The molecule has 17 heavy (non-hydrogen) atoms. The Morgan fingerprint density at radius 1 is 0.941 bits per heavy atom. The van der Waals surface area contributed by atoms with E-state index < -0.39 is 0 Å². The molecule has 2 aromatic rings. The maximum atomic E-state index is 8.81. The fourth-order valence-corrected chi connectivity index (χ4v) is 1.55. The molecule has 0 aliphatic rings. The lowest BCUT2D eigenvalue weighted by Crippen LogP contribution is -1.92. The van der Waals surface area contributed by atoms with Gasteiger partial charge in [-0.15, -0.1) is 0 Å². The molecule has 0 bridgehead atoms. The van der Waals surface area contributed by atoms with Crippen LogP contribution in [0.1, 0.15) is 5.56 Å². The smallest absolute Gasteiger partial charge is 0.0992 e. The molecule has 0 aliphatic carbocycles. The Bertz CT molecular complexity index is 538. The average molecular weight is 223 g/mol. The SMILES string of the molecule is CNc1ccc(Nc2cccc(C#N)c2)cc1. The van der Waals surface area contributed by atoms with Crippen LogP contribution in [0.15, 0.2) is 48.5 Å². The number of nitriles is 1. The minimum Gasteiger partial charge on any atom is -0.388 e. The Morgan fingerprint density at radius 3 is 2.29 bits per heavy atom. The molecule has 0 unspecified atom stereocenters. The summed E-state index contributed by atoms with van der Waals surface area (Å²) in [6.07, 6.45) is 0. The van der Waals surface area contributed by atoms with E-state index in [-0.39, 0.29) is 0 Å². The van der Waals surface area contributed by atoms with Crippen LogP contribution in [0.4, 0.5) is 17.1 Å². The van der Waals surface area contributed by atoms with Gasteiger partial charge in [0, 0.05) is 24.1 Å². The summed E-state index contributed by atoms with van der Waals surface area (Å²) < 4.78 is 0. The number of hydrogen-bond donors (Lipinski definition) is 2. The van der Waals surface area contributed by atoms with Crippen LogP contribution in [0.3, 0.4) is 0 Å². The number of hydrogen-bond acceptors (Lipinski definition) is 3. The van der Waals surface area contributed by atoms with E-state index in [9.17, 15) is 0 Å². The van der Waals surface area contributed by atoms with Crippen molar-refractivity contribution in [1.82, 2.24) is 0 Å². The average Bonchev–Trinajstić information content (AvgIpc) is 2.40. The van der Waals surface area contributed by atoms with Crippen molar-refractivity contribution in [3.05, 3.63) is 54.1 Å². The second kappa shape index (κ2) is 5.04. The van der Waals surface area contributed by atoms with Gasteiger partial charge in [0.15, 0.2) is 0 Å². The zero-order valence-electron chi connectivity index (χ0n) is 9.57. The van der Waals surface area contributed by atoms with Crippen LogP contribution in [0, 0.1) is 11.3 Å². The molecular formula is C14H13N3. The second-order valence-electron chi connectivity index (χ2n) is 3.64. The second-order valence-corrected chi connectivity index (χ2v) is 3.64. The topological polar surface area (TPSA) is 47.8 Å². The van der Waals surface area contributed by atoms with Gasteiger partial charge in [0.1, 0.15) is 0 Å². The van der Waals surface area contributed by atoms with E-state index in [2.05, 4.69) is 16.7 Å². The first-order valence-electron chi connectivity index (χ1n) is 5.37. The molecule has 3 nitrogen and oxygen atoms in total. The van der Waals surface area contributed by atoms with Gasteiger partial charge >= 0.3 is 0 Å². The fraction of sp³-hybridized carbons (Fsp3) is 0.0714. The molecular weight excluding hydrogens is 210 g/mol. The molecule has 0 radical (unpaired) electrons. The fourth-order valence-electron chi connectivity index (χ4n) is 1.55. The Hall–Kier alpha value is -2.47. The molecule has 0 amide bonds. The van der Waals surface area contributed by atoms with Crippen LogP contribution >= 0.6 is 0 Å². The third-order valence-electron chi connectivity index (χ3n) is 2.45. The molecule has 0 saturated heterocycles. The van der Waals surface area contributed by atoms with Crippen LogP contribution in [0.2, 0.25) is 0 Å². The summed E-state index contributed by atoms with van der Waals surface area (Å²) in [5, 5.41) is 15.1. The summed E-state index contributed by atoms with van der Waals surface area (Å²) in [6.45, 7) is 0. The molecule has 0 fully saturated rings.